The highest BCUT2D eigenvalue weighted by molar-refractivity contribution is 14.1. The summed E-state index contributed by atoms with van der Waals surface area (Å²) in [6, 6.07) is 8.83. The van der Waals surface area contributed by atoms with Crippen LogP contribution in [0.25, 0.3) is 11.4 Å². The zero-order valence-corrected chi connectivity index (χ0v) is 12.3. The standard InChI is InChI=1S/C14H12IN3O/c15-12-11(13(16)19)17-14-10-4-2-1-3-9(10)7-5-8(6-7)18(12)14/h1-4,7-8H,5-6H2,(H2,16,19). The molecule has 2 aliphatic heterocycles. The number of aromatic nitrogens is 2. The van der Waals surface area contributed by atoms with Gasteiger partial charge in [0.25, 0.3) is 5.91 Å². The summed E-state index contributed by atoms with van der Waals surface area (Å²) in [7, 11) is 0. The molecule has 1 aromatic carbocycles. The van der Waals surface area contributed by atoms with Gasteiger partial charge in [-0.15, -0.1) is 0 Å². The Morgan fingerprint density at radius 2 is 2.11 bits per heavy atom. The van der Waals surface area contributed by atoms with Crippen LogP contribution in [-0.4, -0.2) is 15.5 Å². The zero-order chi connectivity index (χ0) is 13.1. The molecule has 3 heterocycles. The van der Waals surface area contributed by atoms with Crippen LogP contribution in [0.2, 0.25) is 0 Å². The molecule has 0 spiro atoms. The number of rotatable bonds is 1. The molecule has 2 aromatic rings. The van der Waals surface area contributed by atoms with Gasteiger partial charge in [-0.1, -0.05) is 24.3 Å². The van der Waals surface area contributed by atoms with E-state index < -0.39 is 5.91 Å². The molecule has 4 nitrogen and oxygen atoms in total. The van der Waals surface area contributed by atoms with Crippen molar-refractivity contribution >= 4 is 28.5 Å². The van der Waals surface area contributed by atoms with Crippen molar-refractivity contribution < 1.29 is 4.79 Å². The highest BCUT2D eigenvalue weighted by Crippen LogP contribution is 2.52. The van der Waals surface area contributed by atoms with Crippen LogP contribution in [0.3, 0.4) is 0 Å². The number of halogens is 1. The maximum absolute atomic E-state index is 11.5. The first-order valence-corrected chi connectivity index (χ1v) is 7.41. The number of benzene rings is 1. The third-order valence-corrected chi connectivity index (χ3v) is 5.24. The number of hydrogen-bond acceptors (Lipinski definition) is 2. The molecule has 1 saturated carbocycles. The smallest absolute Gasteiger partial charge is 0.270 e. The number of carbonyl (C=O) groups is 1. The van der Waals surface area contributed by atoms with Crippen molar-refractivity contribution in [2.24, 2.45) is 5.73 Å². The first-order chi connectivity index (χ1) is 9.16. The molecular formula is C14H12IN3O. The first kappa shape index (κ1) is 11.5. The zero-order valence-electron chi connectivity index (χ0n) is 10.1. The third kappa shape index (κ3) is 1.45. The van der Waals surface area contributed by atoms with Crippen molar-refractivity contribution in [2.75, 3.05) is 0 Å². The SMILES string of the molecule is NC(=O)c1nc2n(c1I)C1CC(C1)c1ccccc1-2. The Morgan fingerprint density at radius 1 is 1.37 bits per heavy atom. The van der Waals surface area contributed by atoms with Crippen molar-refractivity contribution in [1.29, 1.82) is 0 Å². The van der Waals surface area contributed by atoms with Crippen molar-refractivity contribution in [1.82, 2.24) is 9.55 Å². The van der Waals surface area contributed by atoms with Gasteiger partial charge >= 0.3 is 0 Å². The van der Waals surface area contributed by atoms with Gasteiger partial charge in [0.2, 0.25) is 0 Å². The lowest BCUT2D eigenvalue weighted by Crippen LogP contribution is -2.24. The Balaban J connectivity index is 2.05. The lowest BCUT2D eigenvalue weighted by Gasteiger charge is -2.34. The van der Waals surface area contributed by atoms with Gasteiger partial charge in [0.05, 0.1) is 0 Å². The lowest BCUT2D eigenvalue weighted by molar-refractivity contribution is 0.0994. The second-order valence-corrected chi connectivity index (χ2v) is 6.24. The predicted octanol–water partition coefficient (Wildman–Crippen LogP) is 2.69. The maximum Gasteiger partial charge on any atom is 0.270 e. The van der Waals surface area contributed by atoms with Crippen LogP contribution in [0.1, 0.15) is 40.9 Å². The van der Waals surface area contributed by atoms with E-state index in [1.165, 1.54) is 5.56 Å². The number of nitrogens with two attached hydrogens (primary N) is 1. The number of imidazole rings is 1. The molecule has 2 N–H and O–H groups in total. The molecular weight excluding hydrogens is 353 g/mol. The second-order valence-electron chi connectivity index (χ2n) is 5.22. The van der Waals surface area contributed by atoms with E-state index in [-0.39, 0.29) is 0 Å². The summed E-state index contributed by atoms with van der Waals surface area (Å²) in [5.74, 6) is 1.09. The number of amides is 1. The first-order valence-electron chi connectivity index (χ1n) is 6.33. The molecule has 0 unspecified atom stereocenters. The van der Waals surface area contributed by atoms with Crippen LogP contribution < -0.4 is 5.73 Å². The molecule has 5 heteroatoms. The molecule has 1 amide bonds. The van der Waals surface area contributed by atoms with Crippen LogP contribution in [-0.2, 0) is 0 Å². The van der Waals surface area contributed by atoms with Gasteiger partial charge in [-0.05, 0) is 46.9 Å². The third-order valence-electron chi connectivity index (χ3n) is 4.21. The summed E-state index contributed by atoms with van der Waals surface area (Å²) in [6.07, 6.45) is 2.27. The molecule has 5 rings (SSSR count). The quantitative estimate of drug-likeness (QED) is 0.790. The lowest BCUT2D eigenvalue weighted by atomic mass is 9.76. The second kappa shape index (κ2) is 3.82. The summed E-state index contributed by atoms with van der Waals surface area (Å²) in [4.78, 5) is 16.0. The fourth-order valence-corrected chi connectivity index (χ4v) is 4.21. The van der Waals surface area contributed by atoms with Gasteiger partial charge < -0.3 is 10.3 Å². The summed E-state index contributed by atoms with van der Waals surface area (Å²) in [6.45, 7) is 0. The molecule has 1 fully saturated rings. The topological polar surface area (TPSA) is 60.9 Å². The Bertz CT molecular complexity index is 701. The van der Waals surface area contributed by atoms with Crippen LogP contribution in [0.4, 0.5) is 0 Å². The molecule has 0 radical (unpaired) electrons. The van der Waals surface area contributed by atoms with E-state index >= 15 is 0 Å². The minimum atomic E-state index is -0.446. The van der Waals surface area contributed by atoms with E-state index in [0.29, 0.717) is 17.7 Å². The van der Waals surface area contributed by atoms with Crippen LogP contribution in [0, 0.1) is 3.70 Å². The van der Waals surface area contributed by atoms with Crippen molar-refractivity contribution in [3.05, 3.63) is 39.2 Å². The van der Waals surface area contributed by atoms with E-state index in [1.54, 1.807) is 0 Å². The van der Waals surface area contributed by atoms with Crippen LogP contribution in [0.15, 0.2) is 24.3 Å². The molecule has 1 aromatic heterocycles. The average Bonchev–Trinajstić information content (AvgIpc) is 2.53. The van der Waals surface area contributed by atoms with E-state index in [9.17, 15) is 4.79 Å². The number of hydrogen-bond donors (Lipinski definition) is 1. The van der Waals surface area contributed by atoms with E-state index in [4.69, 9.17) is 5.73 Å². The summed E-state index contributed by atoms with van der Waals surface area (Å²) in [5.41, 5.74) is 8.33. The van der Waals surface area contributed by atoms with Gasteiger partial charge in [0.15, 0.2) is 5.69 Å². The molecule has 1 aliphatic carbocycles. The minimum absolute atomic E-state index is 0.399. The summed E-state index contributed by atoms with van der Waals surface area (Å²) in [5, 5.41) is 0. The van der Waals surface area contributed by atoms with Gasteiger partial charge in [-0.3, -0.25) is 4.79 Å². The molecule has 0 saturated heterocycles. The van der Waals surface area contributed by atoms with Gasteiger partial charge in [0.1, 0.15) is 9.53 Å². The number of primary amides is 1. The summed E-state index contributed by atoms with van der Waals surface area (Å²) >= 11 is 2.19. The van der Waals surface area contributed by atoms with Gasteiger partial charge in [-0.2, -0.15) is 0 Å². The molecule has 3 aliphatic rings. The minimum Gasteiger partial charge on any atom is -0.364 e. The maximum atomic E-state index is 11.5. The number of nitrogens with zero attached hydrogens (tertiary/aromatic N) is 2. The monoisotopic (exact) mass is 365 g/mol. The summed E-state index contributed by atoms with van der Waals surface area (Å²) < 4.78 is 3.07. The Kier molecular flexibility index (Phi) is 2.30. The van der Waals surface area contributed by atoms with Gasteiger partial charge in [0, 0.05) is 11.6 Å². The highest BCUT2D eigenvalue weighted by Gasteiger charge is 2.40. The van der Waals surface area contributed by atoms with E-state index in [0.717, 1.165) is 27.9 Å². The molecule has 0 atom stereocenters. The van der Waals surface area contributed by atoms with Gasteiger partial charge in [-0.25, -0.2) is 4.98 Å². The van der Waals surface area contributed by atoms with Crippen molar-refractivity contribution in [3.63, 3.8) is 0 Å². The van der Waals surface area contributed by atoms with Crippen molar-refractivity contribution in [3.8, 4) is 11.4 Å². The normalized spacial score (nSPS) is 23.0. The van der Waals surface area contributed by atoms with Crippen LogP contribution >= 0.6 is 22.6 Å². The Labute approximate surface area is 124 Å². The molecule has 96 valence electrons. The fraction of sp³-hybridized carbons (Fsp3) is 0.286. The largest absolute Gasteiger partial charge is 0.364 e. The predicted molar refractivity (Wildman–Crippen MR) is 79.9 cm³/mol. The molecule has 19 heavy (non-hydrogen) atoms. The van der Waals surface area contributed by atoms with E-state index in [1.807, 2.05) is 6.07 Å². The Hall–Kier alpha value is -1.37. The van der Waals surface area contributed by atoms with Crippen molar-refractivity contribution in [2.45, 2.75) is 24.8 Å². The Morgan fingerprint density at radius 3 is 2.84 bits per heavy atom. The molecule has 2 bridgehead atoms. The fourth-order valence-electron chi connectivity index (χ4n) is 3.20. The van der Waals surface area contributed by atoms with Crippen LogP contribution in [0.5, 0.6) is 0 Å². The average molecular weight is 365 g/mol. The van der Waals surface area contributed by atoms with E-state index in [2.05, 4.69) is 50.3 Å². The number of carbonyl (C=O) groups excluding carboxylic acids is 1. The highest BCUT2D eigenvalue weighted by atomic mass is 127.